The first-order chi connectivity index (χ1) is 13.0. The normalized spacial score (nSPS) is 12.4. The van der Waals surface area contributed by atoms with Gasteiger partial charge in [-0.3, -0.25) is 0 Å². The Morgan fingerprint density at radius 2 is 1.67 bits per heavy atom. The lowest BCUT2D eigenvalue weighted by Crippen LogP contribution is -2.08. The van der Waals surface area contributed by atoms with Gasteiger partial charge in [-0.25, -0.2) is 4.21 Å². The van der Waals surface area contributed by atoms with Crippen LogP contribution in [-0.2, 0) is 11.0 Å². The van der Waals surface area contributed by atoms with E-state index in [1.54, 1.807) is 15.8 Å². The topological polar surface area (TPSA) is 34.9 Å². The Balaban J connectivity index is 1.68. The van der Waals surface area contributed by atoms with Gasteiger partial charge in [0.2, 0.25) is 0 Å². The maximum Gasteiger partial charge on any atom is 0.173 e. The molecule has 1 aromatic heterocycles. The van der Waals surface area contributed by atoms with Gasteiger partial charge in [-0.1, -0.05) is 53.7 Å². The van der Waals surface area contributed by atoms with E-state index in [1.165, 1.54) is 0 Å². The van der Waals surface area contributed by atoms with Crippen LogP contribution >= 0.6 is 23.4 Å². The SMILES string of the molecule is Cc1nn([S@](=O)c2ccc3ccccc3c2)c(C)c1Sc1ccc(Cl)cc1. The van der Waals surface area contributed by atoms with E-state index >= 15 is 0 Å². The molecule has 27 heavy (non-hydrogen) atoms. The Morgan fingerprint density at radius 3 is 2.41 bits per heavy atom. The van der Waals surface area contributed by atoms with Crippen molar-refractivity contribution in [1.82, 2.24) is 9.19 Å². The Morgan fingerprint density at radius 1 is 0.963 bits per heavy atom. The Kier molecular flexibility index (Phi) is 5.08. The van der Waals surface area contributed by atoms with Gasteiger partial charge in [-0.2, -0.15) is 9.19 Å². The fraction of sp³-hybridized carbons (Fsp3) is 0.0952. The molecular weight excluding hydrogens is 396 g/mol. The molecule has 0 saturated carbocycles. The molecule has 0 fully saturated rings. The van der Waals surface area contributed by atoms with Crippen LogP contribution in [0.2, 0.25) is 5.02 Å². The molecule has 0 bridgehead atoms. The van der Waals surface area contributed by atoms with Gasteiger partial charge in [0.05, 0.1) is 21.2 Å². The summed E-state index contributed by atoms with van der Waals surface area (Å²) < 4.78 is 14.8. The van der Waals surface area contributed by atoms with Crippen LogP contribution < -0.4 is 0 Å². The minimum atomic E-state index is -1.39. The Hall–Kier alpha value is -2.08. The summed E-state index contributed by atoms with van der Waals surface area (Å²) in [5.41, 5.74) is 1.75. The summed E-state index contributed by atoms with van der Waals surface area (Å²) in [4.78, 5) is 2.83. The van der Waals surface area contributed by atoms with Crippen molar-refractivity contribution in [2.24, 2.45) is 0 Å². The zero-order valence-electron chi connectivity index (χ0n) is 14.8. The predicted octanol–water partition coefficient (Wildman–Crippen LogP) is 6.03. The Bertz CT molecular complexity index is 1150. The highest BCUT2D eigenvalue weighted by Gasteiger charge is 2.18. The van der Waals surface area contributed by atoms with Crippen molar-refractivity contribution in [3.8, 4) is 0 Å². The zero-order valence-corrected chi connectivity index (χ0v) is 17.2. The number of benzene rings is 3. The van der Waals surface area contributed by atoms with Gasteiger partial charge in [0, 0.05) is 9.92 Å². The first-order valence-corrected chi connectivity index (χ1v) is 10.7. The molecule has 0 aliphatic carbocycles. The highest BCUT2D eigenvalue weighted by Crippen LogP contribution is 2.34. The minimum Gasteiger partial charge on any atom is -0.229 e. The maximum absolute atomic E-state index is 13.2. The fourth-order valence-electron chi connectivity index (χ4n) is 2.91. The summed E-state index contributed by atoms with van der Waals surface area (Å²) in [6.07, 6.45) is 0. The molecule has 0 N–H and O–H groups in total. The summed E-state index contributed by atoms with van der Waals surface area (Å²) in [5, 5.41) is 7.46. The molecule has 4 rings (SSSR count). The van der Waals surface area contributed by atoms with Crippen molar-refractivity contribution < 1.29 is 4.21 Å². The van der Waals surface area contributed by atoms with E-state index in [2.05, 4.69) is 5.10 Å². The summed E-state index contributed by atoms with van der Waals surface area (Å²) in [6, 6.07) is 21.6. The van der Waals surface area contributed by atoms with Crippen molar-refractivity contribution in [2.75, 3.05) is 0 Å². The number of fused-ring (bicyclic) bond motifs is 1. The van der Waals surface area contributed by atoms with E-state index in [4.69, 9.17) is 11.6 Å². The van der Waals surface area contributed by atoms with Crippen LogP contribution in [0.15, 0.2) is 81.4 Å². The lowest BCUT2D eigenvalue weighted by Gasteiger charge is -2.07. The van der Waals surface area contributed by atoms with Crippen LogP contribution in [0.1, 0.15) is 11.4 Å². The van der Waals surface area contributed by atoms with Crippen LogP contribution in [0.5, 0.6) is 0 Å². The maximum atomic E-state index is 13.2. The second kappa shape index (κ2) is 7.50. The van der Waals surface area contributed by atoms with Crippen LogP contribution in [0.3, 0.4) is 0 Å². The third-order valence-electron chi connectivity index (χ3n) is 4.30. The monoisotopic (exact) mass is 412 g/mol. The van der Waals surface area contributed by atoms with Crippen molar-refractivity contribution in [3.63, 3.8) is 0 Å². The van der Waals surface area contributed by atoms with E-state index in [0.29, 0.717) is 5.02 Å². The highest BCUT2D eigenvalue weighted by molar-refractivity contribution is 7.99. The second-order valence-electron chi connectivity index (χ2n) is 6.19. The number of aryl methyl sites for hydroxylation is 1. The summed E-state index contributed by atoms with van der Waals surface area (Å²) in [7, 11) is -1.39. The van der Waals surface area contributed by atoms with Crippen molar-refractivity contribution in [3.05, 3.63) is 83.1 Å². The standard InChI is InChI=1S/C21H17ClN2OS2/c1-14-21(26-19-10-8-18(22)9-11-19)15(2)24(23-14)27(25)20-12-7-16-5-3-4-6-17(16)13-20/h3-13H,1-2H3/t27-/m1/s1. The second-order valence-corrected chi connectivity index (χ2v) is 9.02. The molecule has 6 heteroatoms. The summed E-state index contributed by atoms with van der Waals surface area (Å²) in [5.74, 6) is 0. The summed E-state index contributed by atoms with van der Waals surface area (Å²) in [6.45, 7) is 3.90. The average molecular weight is 413 g/mol. The number of aromatic nitrogens is 2. The quantitative estimate of drug-likeness (QED) is 0.410. The molecule has 1 atom stereocenters. The van der Waals surface area contributed by atoms with Gasteiger partial charge in [0.15, 0.2) is 11.0 Å². The molecule has 0 spiro atoms. The molecule has 0 saturated heterocycles. The van der Waals surface area contributed by atoms with Gasteiger partial charge in [-0.05, 0) is 61.0 Å². The molecule has 0 radical (unpaired) electrons. The number of rotatable bonds is 4. The third-order valence-corrected chi connectivity index (χ3v) is 7.18. The largest absolute Gasteiger partial charge is 0.229 e. The first kappa shape index (κ1) is 18.3. The molecule has 1 heterocycles. The van der Waals surface area contributed by atoms with Crippen LogP contribution in [0, 0.1) is 13.8 Å². The van der Waals surface area contributed by atoms with Gasteiger partial charge in [0.25, 0.3) is 0 Å². The van der Waals surface area contributed by atoms with Crippen molar-refractivity contribution in [1.29, 1.82) is 0 Å². The molecule has 3 nitrogen and oxygen atoms in total. The number of hydrogen-bond donors (Lipinski definition) is 0. The lowest BCUT2D eigenvalue weighted by atomic mass is 10.1. The van der Waals surface area contributed by atoms with Gasteiger partial charge >= 0.3 is 0 Å². The van der Waals surface area contributed by atoms with Gasteiger partial charge in [0.1, 0.15) is 0 Å². The van der Waals surface area contributed by atoms with E-state index in [1.807, 2.05) is 80.6 Å². The van der Waals surface area contributed by atoms with E-state index < -0.39 is 11.0 Å². The molecule has 0 aliphatic heterocycles. The van der Waals surface area contributed by atoms with Gasteiger partial charge < -0.3 is 0 Å². The van der Waals surface area contributed by atoms with E-state index in [9.17, 15) is 4.21 Å². The molecule has 3 aromatic carbocycles. The number of halogens is 1. The molecule has 0 unspecified atom stereocenters. The number of nitrogens with zero attached hydrogens (tertiary/aromatic N) is 2. The van der Waals surface area contributed by atoms with Crippen molar-refractivity contribution in [2.45, 2.75) is 28.5 Å². The molecule has 0 aliphatic rings. The fourth-order valence-corrected chi connectivity index (χ4v) is 5.17. The zero-order chi connectivity index (χ0) is 19.0. The van der Waals surface area contributed by atoms with E-state index in [-0.39, 0.29) is 0 Å². The van der Waals surface area contributed by atoms with Crippen LogP contribution in [-0.4, -0.2) is 13.4 Å². The highest BCUT2D eigenvalue weighted by atomic mass is 35.5. The van der Waals surface area contributed by atoms with Crippen LogP contribution in [0.4, 0.5) is 0 Å². The predicted molar refractivity (Wildman–Crippen MR) is 113 cm³/mol. The van der Waals surface area contributed by atoms with Crippen LogP contribution in [0.25, 0.3) is 10.8 Å². The molecule has 136 valence electrons. The molecule has 4 aromatic rings. The van der Waals surface area contributed by atoms with Crippen molar-refractivity contribution >= 4 is 45.1 Å². The minimum absolute atomic E-state index is 0.709. The molecule has 0 amide bonds. The number of hydrogen-bond acceptors (Lipinski definition) is 3. The average Bonchev–Trinajstić information content (AvgIpc) is 2.97. The Labute approximate surface area is 170 Å². The third kappa shape index (κ3) is 3.68. The molecular formula is C21H17ClN2OS2. The van der Waals surface area contributed by atoms with E-state index in [0.717, 1.165) is 36.8 Å². The lowest BCUT2D eigenvalue weighted by molar-refractivity contribution is 0.668. The smallest absolute Gasteiger partial charge is 0.173 e. The van der Waals surface area contributed by atoms with Gasteiger partial charge in [-0.15, -0.1) is 0 Å². The first-order valence-electron chi connectivity index (χ1n) is 8.43. The summed E-state index contributed by atoms with van der Waals surface area (Å²) >= 11 is 7.58.